The summed E-state index contributed by atoms with van der Waals surface area (Å²) in [5.41, 5.74) is 0.368. The predicted octanol–water partition coefficient (Wildman–Crippen LogP) is 1.64. The fourth-order valence-corrected chi connectivity index (χ4v) is 2.44. The molecule has 1 saturated heterocycles. The van der Waals surface area contributed by atoms with Crippen LogP contribution in [0.3, 0.4) is 0 Å². The molecule has 1 aliphatic heterocycles. The maximum absolute atomic E-state index is 8.98. The minimum atomic E-state index is 0.344. The van der Waals surface area contributed by atoms with E-state index < -0.39 is 0 Å². The van der Waals surface area contributed by atoms with E-state index in [1.807, 2.05) is 0 Å². The van der Waals surface area contributed by atoms with E-state index in [1.165, 1.54) is 6.42 Å². The molecule has 0 amide bonds. The molecule has 0 aliphatic carbocycles. The normalized spacial score (nSPS) is 30.5. The van der Waals surface area contributed by atoms with Gasteiger partial charge in [-0.15, -0.1) is 0 Å². The Morgan fingerprint density at radius 3 is 2.62 bits per heavy atom. The number of aliphatic hydroxyl groups is 1. The van der Waals surface area contributed by atoms with E-state index in [1.54, 1.807) is 0 Å². The number of nitrogens with one attached hydrogen (secondary N) is 1. The van der Waals surface area contributed by atoms with E-state index in [9.17, 15) is 0 Å². The Morgan fingerprint density at radius 2 is 2.08 bits per heavy atom. The third-order valence-corrected chi connectivity index (χ3v) is 3.24. The topological polar surface area (TPSA) is 32.3 Å². The van der Waals surface area contributed by atoms with E-state index in [0.717, 1.165) is 19.5 Å². The Morgan fingerprint density at radius 1 is 1.38 bits per heavy atom. The second-order valence-corrected chi connectivity index (χ2v) is 5.24. The molecule has 2 heteroatoms. The van der Waals surface area contributed by atoms with Crippen LogP contribution in [0.4, 0.5) is 0 Å². The highest BCUT2D eigenvalue weighted by atomic mass is 16.3. The van der Waals surface area contributed by atoms with Crippen molar-refractivity contribution < 1.29 is 5.11 Å². The zero-order valence-corrected chi connectivity index (χ0v) is 9.14. The fraction of sp³-hybridized carbons (Fsp3) is 1.00. The first-order valence-electron chi connectivity index (χ1n) is 5.37. The van der Waals surface area contributed by atoms with Gasteiger partial charge in [-0.05, 0) is 43.2 Å². The highest BCUT2D eigenvalue weighted by molar-refractivity contribution is 4.85. The number of hydrogen-bond acceptors (Lipinski definition) is 2. The molecular formula is C11H23NO. The van der Waals surface area contributed by atoms with Gasteiger partial charge in [0.2, 0.25) is 0 Å². The van der Waals surface area contributed by atoms with E-state index in [-0.39, 0.29) is 0 Å². The standard InChI is InChI=1S/C11H23NO/c1-11(2,3)10-8-12-6-4-9(10)5-7-13/h9-10,12-13H,4-8H2,1-3H3/t9-,10+/m0/s1. The van der Waals surface area contributed by atoms with E-state index in [2.05, 4.69) is 26.1 Å². The maximum atomic E-state index is 8.98. The monoisotopic (exact) mass is 185 g/mol. The Kier molecular flexibility index (Phi) is 3.74. The molecule has 2 N–H and O–H groups in total. The molecule has 2 nitrogen and oxygen atoms in total. The van der Waals surface area contributed by atoms with Gasteiger partial charge in [0.05, 0.1) is 0 Å². The van der Waals surface area contributed by atoms with E-state index >= 15 is 0 Å². The summed E-state index contributed by atoms with van der Waals surface area (Å²) in [6, 6.07) is 0. The molecule has 0 spiro atoms. The lowest BCUT2D eigenvalue weighted by Crippen LogP contribution is -2.43. The second kappa shape index (κ2) is 4.43. The number of piperidine rings is 1. The summed E-state index contributed by atoms with van der Waals surface area (Å²) in [5, 5.41) is 12.4. The fourth-order valence-electron chi connectivity index (χ4n) is 2.44. The summed E-state index contributed by atoms with van der Waals surface area (Å²) in [6.07, 6.45) is 2.20. The molecule has 1 aliphatic rings. The molecule has 0 bridgehead atoms. The molecule has 0 aromatic rings. The second-order valence-electron chi connectivity index (χ2n) is 5.24. The van der Waals surface area contributed by atoms with Gasteiger partial charge in [-0.2, -0.15) is 0 Å². The van der Waals surface area contributed by atoms with Gasteiger partial charge in [0.25, 0.3) is 0 Å². The van der Waals surface area contributed by atoms with Gasteiger partial charge < -0.3 is 10.4 Å². The van der Waals surface area contributed by atoms with Crippen LogP contribution in [0.25, 0.3) is 0 Å². The average Bonchev–Trinajstić information content (AvgIpc) is 2.04. The van der Waals surface area contributed by atoms with Crippen molar-refractivity contribution in [1.82, 2.24) is 5.32 Å². The smallest absolute Gasteiger partial charge is 0.0433 e. The van der Waals surface area contributed by atoms with Crippen molar-refractivity contribution in [3.8, 4) is 0 Å². The van der Waals surface area contributed by atoms with Crippen molar-refractivity contribution in [1.29, 1.82) is 0 Å². The number of hydrogen-bond donors (Lipinski definition) is 2. The van der Waals surface area contributed by atoms with Crippen molar-refractivity contribution in [2.45, 2.75) is 33.6 Å². The average molecular weight is 185 g/mol. The first-order chi connectivity index (χ1) is 6.05. The molecule has 13 heavy (non-hydrogen) atoms. The minimum absolute atomic E-state index is 0.344. The summed E-state index contributed by atoms with van der Waals surface area (Å²) in [6.45, 7) is 9.49. The summed E-state index contributed by atoms with van der Waals surface area (Å²) >= 11 is 0. The van der Waals surface area contributed by atoms with Crippen LogP contribution in [0.1, 0.15) is 33.6 Å². The van der Waals surface area contributed by atoms with Crippen LogP contribution in [0.2, 0.25) is 0 Å². The van der Waals surface area contributed by atoms with Gasteiger partial charge in [-0.25, -0.2) is 0 Å². The summed E-state index contributed by atoms with van der Waals surface area (Å²) in [5.74, 6) is 1.43. The van der Waals surface area contributed by atoms with Crippen LogP contribution in [0, 0.1) is 17.3 Å². The Bertz CT molecular complexity index is 149. The van der Waals surface area contributed by atoms with Crippen LogP contribution in [0.15, 0.2) is 0 Å². The molecule has 78 valence electrons. The quantitative estimate of drug-likeness (QED) is 0.685. The largest absolute Gasteiger partial charge is 0.396 e. The third kappa shape index (κ3) is 2.96. The van der Waals surface area contributed by atoms with Crippen molar-refractivity contribution in [2.75, 3.05) is 19.7 Å². The summed E-state index contributed by atoms with van der Waals surface area (Å²) in [7, 11) is 0. The van der Waals surface area contributed by atoms with Gasteiger partial charge in [-0.1, -0.05) is 20.8 Å². The predicted molar refractivity (Wildman–Crippen MR) is 55.6 cm³/mol. The Labute approximate surface area is 81.7 Å². The zero-order valence-electron chi connectivity index (χ0n) is 9.14. The minimum Gasteiger partial charge on any atom is -0.396 e. The third-order valence-electron chi connectivity index (χ3n) is 3.24. The SMILES string of the molecule is CC(C)(C)[C@@H]1CNCC[C@H]1CCO. The summed E-state index contributed by atoms with van der Waals surface area (Å²) in [4.78, 5) is 0. The molecule has 2 atom stereocenters. The van der Waals surface area contributed by atoms with Crippen LogP contribution < -0.4 is 5.32 Å². The van der Waals surface area contributed by atoms with E-state index in [0.29, 0.717) is 23.9 Å². The first kappa shape index (κ1) is 11.0. The molecule has 0 saturated carbocycles. The van der Waals surface area contributed by atoms with Crippen molar-refractivity contribution in [3.63, 3.8) is 0 Å². The highest BCUT2D eigenvalue weighted by Crippen LogP contribution is 2.36. The van der Waals surface area contributed by atoms with E-state index in [4.69, 9.17) is 5.11 Å². The van der Waals surface area contributed by atoms with Crippen LogP contribution >= 0.6 is 0 Å². The van der Waals surface area contributed by atoms with Crippen molar-refractivity contribution >= 4 is 0 Å². The maximum Gasteiger partial charge on any atom is 0.0433 e. The highest BCUT2D eigenvalue weighted by Gasteiger charge is 2.33. The number of aliphatic hydroxyl groups excluding tert-OH is 1. The van der Waals surface area contributed by atoms with Crippen molar-refractivity contribution in [3.05, 3.63) is 0 Å². The molecule has 1 fully saturated rings. The lowest BCUT2D eigenvalue weighted by atomic mass is 9.69. The number of rotatable bonds is 2. The Hall–Kier alpha value is -0.0800. The molecule has 0 aromatic carbocycles. The molecule has 1 heterocycles. The molecule has 1 rings (SSSR count). The van der Waals surface area contributed by atoms with Gasteiger partial charge in [-0.3, -0.25) is 0 Å². The van der Waals surface area contributed by atoms with Crippen LogP contribution in [-0.2, 0) is 0 Å². The van der Waals surface area contributed by atoms with Crippen LogP contribution in [-0.4, -0.2) is 24.8 Å². The van der Waals surface area contributed by atoms with Gasteiger partial charge in [0.1, 0.15) is 0 Å². The first-order valence-corrected chi connectivity index (χ1v) is 5.37. The lowest BCUT2D eigenvalue weighted by molar-refractivity contribution is 0.0984. The lowest BCUT2D eigenvalue weighted by Gasteiger charge is -2.40. The van der Waals surface area contributed by atoms with Crippen molar-refractivity contribution in [2.24, 2.45) is 17.3 Å². The zero-order chi connectivity index (χ0) is 9.90. The Balaban J connectivity index is 2.56. The molecule has 0 unspecified atom stereocenters. The van der Waals surface area contributed by atoms with Crippen LogP contribution in [0.5, 0.6) is 0 Å². The molecule has 0 aromatic heterocycles. The summed E-state index contributed by atoms with van der Waals surface area (Å²) < 4.78 is 0. The molecular weight excluding hydrogens is 162 g/mol. The van der Waals surface area contributed by atoms with Gasteiger partial charge in [0.15, 0.2) is 0 Å². The van der Waals surface area contributed by atoms with Gasteiger partial charge >= 0.3 is 0 Å². The molecule has 0 radical (unpaired) electrons. The van der Waals surface area contributed by atoms with Gasteiger partial charge in [0, 0.05) is 6.61 Å².